The fraction of sp³-hybridized carbons (Fsp3) is 0.500. The molecule has 1 atom stereocenters. The minimum atomic E-state index is -0.903. The molecule has 0 radical (unpaired) electrons. The molecule has 1 aliphatic rings. The topological polar surface area (TPSA) is 93.7 Å². The van der Waals surface area contributed by atoms with Gasteiger partial charge in [0, 0.05) is 11.1 Å². The molecule has 2 N–H and O–H groups in total. The summed E-state index contributed by atoms with van der Waals surface area (Å²) in [5, 5.41) is 5.46. The molecule has 7 nitrogen and oxygen atoms in total. The summed E-state index contributed by atoms with van der Waals surface area (Å²) in [6, 6.07) is 6.03. The van der Waals surface area contributed by atoms with E-state index in [1.54, 1.807) is 24.3 Å². The first-order valence-electron chi connectivity index (χ1n) is 8.63. The highest BCUT2D eigenvalue weighted by atomic mass is 35.5. The third kappa shape index (κ3) is 6.92. The van der Waals surface area contributed by atoms with Crippen molar-refractivity contribution in [2.45, 2.75) is 51.2 Å². The number of rotatable bonds is 6. The van der Waals surface area contributed by atoms with Crippen LogP contribution in [0.5, 0.6) is 5.75 Å². The molecule has 0 aliphatic heterocycles. The molecule has 1 aromatic carbocycles. The van der Waals surface area contributed by atoms with Crippen LogP contribution in [0.4, 0.5) is 4.79 Å². The second-order valence-electron chi connectivity index (χ2n) is 6.18. The second kappa shape index (κ2) is 10.0. The van der Waals surface area contributed by atoms with Gasteiger partial charge in [0.1, 0.15) is 5.75 Å². The third-order valence-corrected chi connectivity index (χ3v) is 4.25. The van der Waals surface area contributed by atoms with Gasteiger partial charge in [-0.25, -0.2) is 9.59 Å². The van der Waals surface area contributed by atoms with Gasteiger partial charge in [0.15, 0.2) is 12.7 Å². The fourth-order valence-corrected chi connectivity index (χ4v) is 2.78. The molecule has 0 bridgehead atoms. The Labute approximate surface area is 157 Å². The van der Waals surface area contributed by atoms with E-state index in [4.69, 9.17) is 21.1 Å². The molecule has 1 aliphatic carbocycles. The van der Waals surface area contributed by atoms with Crippen molar-refractivity contribution >= 4 is 29.5 Å². The molecule has 0 unspecified atom stereocenters. The lowest BCUT2D eigenvalue weighted by Gasteiger charge is -2.22. The standard InChI is InChI=1S/C18H23ClN2O5/c1-12(26-15-9-7-13(19)8-10-15)17(23)25-11-16(22)21-18(24)20-14-5-3-2-4-6-14/h7-10,12,14H,2-6,11H2,1H3,(H2,20,21,22,24)/t12-/m0/s1. The molecule has 0 spiro atoms. The Morgan fingerprint density at radius 1 is 1.15 bits per heavy atom. The number of carbonyl (C=O) groups is 3. The van der Waals surface area contributed by atoms with Gasteiger partial charge in [-0.1, -0.05) is 30.9 Å². The number of halogens is 1. The van der Waals surface area contributed by atoms with E-state index in [2.05, 4.69) is 10.6 Å². The van der Waals surface area contributed by atoms with E-state index >= 15 is 0 Å². The highest BCUT2D eigenvalue weighted by molar-refractivity contribution is 6.30. The molecule has 1 fully saturated rings. The summed E-state index contributed by atoms with van der Waals surface area (Å²) in [6.07, 6.45) is 4.24. The maximum atomic E-state index is 11.9. The fourth-order valence-electron chi connectivity index (χ4n) is 2.65. The summed E-state index contributed by atoms with van der Waals surface area (Å²) in [7, 11) is 0. The number of hydrogen-bond donors (Lipinski definition) is 2. The lowest BCUT2D eigenvalue weighted by atomic mass is 9.96. The number of benzene rings is 1. The van der Waals surface area contributed by atoms with Crippen LogP contribution in [0.15, 0.2) is 24.3 Å². The first-order chi connectivity index (χ1) is 12.4. The average molecular weight is 383 g/mol. The predicted octanol–water partition coefficient (Wildman–Crippen LogP) is 2.81. The summed E-state index contributed by atoms with van der Waals surface area (Å²) < 4.78 is 10.3. The molecule has 8 heteroatoms. The molecular formula is C18H23ClN2O5. The van der Waals surface area contributed by atoms with Gasteiger partial charge in [0.25, 0.3) is 5.91 Å². The van der Waals surface area contributed by atoms with Gasteiger partial charge in [0.2, 0.25) is 0 Å². The van der Waals surface area contributed by atoms with Gasteiger partial charge >= 0.3 is 12.0 Å². The van der Waals surface area contributed by atoms with Crippen LogP contribution in [0.25, 0.3) is 0 Å². The Hall–Kier alpha value is -2.28. The molecule has 1 aromatic rings. The lowest BCUT2D eigenvalue weighted by Crippen LogP contribution is -2.46. The number of nitrogens with one attached hydrogen (secondary N) is 2. The van der Waals surface area contributed by atoms with Crippen molar-refractivity contribution < 1.29 is 23.9 Å². The van der Waals surface area contributed by atoms with Crippen LogP contribution in [0.3, 0.4) is 0 Å². The SMILES string of the molecule is C[C@H](Oc1ccc(Cl)cc1)C(=O)OCC(=O)NC(=O)NC1CCCCC1. The zero-order valence-corrected chi connectivity index (χ0v) is 15.4. The van der Waals surface area contributed by atoms with E-state index in [9.17, 15) is 14.4 Å². The van der Waals surface area contributed by atoms with Crippen LogP contribution in [0, 0.1) is 0 Å². The number of urea groups is 1. The molecule has 3 amide bonds. The Bertz CT molecular complexity index is 629. The number of hydrogen-bond acceptors (Lipinski definition) is 5. The Morgan fingerprint density at radius 3 is 2.46 bits per heavy atom. The number of imide groups is 1. The monoisotopic (exact) mass is 382 g/mol. The predicted molar refractivity (Wildman–Crippen MR) is 96.0 cm³/mol. The van der Waals surface area contributed by atoms with E-state index in [-0.39, 0.29) is 6.04 Å². The van der Waals surface area contributed by atoms with Crippen molar-refractivity contribution in [2.75, 3.05) is 6.61 Å². The molecule has 0 saturated heterocycles. The Kier molecular flexibility index (Phi) is 7.72. The quantitative estimate of drug-likeness (QED) is 0.738. The van der Waals surface area contributed by atoms with E-state index < -0.39 is 30.6 Å². The van der Waals surface area contributed by atoms with Gasteiger partial charge in [0.05, 0.1) is 0 Å². The maximum absolute atomic E-state index is 11.9. The number of carbonyl (C=O) groups excluding carboxylic acids is 3. The molecule has 0 heterocycles. The minimum Gasteiger partial charge on any atom is -0.479 e. The summed E-state index contributed by atoms with van der Waals surface area (Å²) in [4.78, 5) is 35.3. The van der Waals surface area contributed by atoms with Crippen LogP contribution < -0.4 is 15.4 Å². The average Bonchev–Trinajstić information content (AvgIpc) is 2.62. The molecular weight excluding hydrogens is 360 g/mol. The van der Waals surface area contributed by atoms with Gasteiger partial charge < -0.3 is 14.8 Å². The number of ether oxygens (including phenoxy) is 2. The van der Waals surface area contributed by atoms with E-state index in [0.29, 0.717) is 10.8 Å². The van der Waals surface area contributed by atoms with Gasteiger partial charge in [-0.3, -0.25) is 10.1 Å². The molecule has 0 aromatic heterocycles. The van der Waals surface area contributed by atoms with Gasteiger partial charge in [-0.15, -0.1) is 0 Å². The normalized spacial score (nSPS) is 15.6. The van der Waals surface area contributed by atoms with Crippen LogP contribution in [-0.4, -0.2) is 36.7 Å². The van der Waals surface area contributed by atoms with Crippen molar-refractivity contribution in [3.05, 3.63) is 29.3 Å². The van der Waals surface area contributed by atoms with Crippen LogP contribution >= 0.6 is 11.6 Å². The second-order valence-corrected chi connectivity index (χ2v) is 6.61. The van der Waals surface area contributed by atoms with Crippen LogP contribution in [-0.2, 0) is 14.3 Å². The van der Waals surface area contributed by atoms with Crippen LogP contribution in [0.1, 0.15) is 39.0 Å². The Balaban J connectivity index is 1.67. The lowest BCUT2D eigenvalue weighted by molar-refractivity contribution is -0.154. The minimum absolute atomic E-state index is 0.0897. The van der Waals surface area contributed by atoms with Crippen molar-refractivity contribution in [3.63, 3.8) is 0 Å². The van der Waals surface area contributed by atoms with E-state index in [0.717, 1.165) is 25.7 Å². The zero-order valence-electron chi connectivity index (χ0n) is 14.6. The summed E-state index contributed by atoms with van der Waals surface area (Å²) in [6.45, 7) is 0.954. The van der Waals surface area contributed by atoms with Crippen molar-refractivity contribution in [1.29, 1.82) is 0 Å². The van der Waals surface area contributed by atoms with Crippen molar-refractivity contribution in [3.8, 4) is 5.75 Å². The first-order valence-corrected chi connectivity index (χ1v) is 9.01. The molecule has 142 valence electrons. The van der Waals surface area contributed by atoms with Crippen LogP contribution in [0.2, 0.25) is 5.02 Å². The van der Waals surface area contributed by atoms with Gasteiger partial charge in [-0.05, 0) is 44.0 Å². The highest BCUT2D eigenvalue weighted by Crippen LogP contribution is 2.18. The largest absolute Gasteiger partial charge is 0.479 e. The first kappa shape index (κ1) is 20.0. The van der Waals surface area contributed by atoms with Crippen molar-refractivity contribution in [1.82, 2.24) is 10.6 Å². The van der Waals surface area contributed by atoms with Gasteiger partial charge in [-0.2, -0.15) is 0 Å². The third-order valence-electron chi connectivity index (χ3n) is 4.00. The molecule has 2 rings (SSSR count). The van der Waals surface area contributed by atoms with Crippen molar-refractivity contribution in [2.24, 2.45) is 0 Å². The highest BCUT2D eigenvalue weighted by Gasteiger charge is 2.20. The summed E-state index contributed by atoms with van der Waals surface area (Å²) in [5.41, 5.74) is 0. The number of amides is 3. The molecule has 1 saturated carbocycles. The summed E-state index contributed by atoms with van der Waals surface area (Å²) >= 11 is 5.77. The summed E-state index contributed by atoms with van der Waals surface area (Å²) in [5.74, 6) is -0.941. The number of esters is 1. The Morgan fingerprint density at radius 2 is 1.81 bits per heavy atom. The van der Waals surface area contributed by atoms with E-state index in [1.807, 2.05) is 0 Å². The smallest absolute Gasteiger partial charge is 0.347 e. The van der Waals surface area contributed by atoms with E-state index in [1.165, 1.54) is 13.3 Å². The maximum Gasteiger partial charge on any atom is 0.347 e. The zero-order chi connectivity index (χ0) is 18.9. The molecule has 26 heavy (non-hydrogen) atoms.